The molecule has 3 atom stereocenters. The molecular weight excluding hydrogens is 486 g/mol. The summed E-state index contributed by atoms with van der Waals surface area (Å²) in [5.74, 6) is -0.602. The van der Waals surface area contributed by atoms with Gasteiger partial charge in [0.2, 0.25) is 5.91 Å². The van der Waals surface area contributed by atoms with Crippen molar-refractivity contribution < 1.29 is 18.7 Å². The number of aromatic nitrogens is 1. The molecule has 3 unspecified atom stereocenters. The van der Waals surface area contributed by atoms with E-state index in [2.05, 4.69) is 47.6 Å². The number of nitrogens with zero attached hydrogens (tertiary/aromatic N) is 2. The average molecular weight is 523 g/mol. The van der Waals surface area contributed by atoms with Crippen LogP contribution in [-0.2, 0) is 11.2 Å². The van der Waals surface area contributed by atoms with Gasteiger partial charge in [-0.15, -0.1) is 0 Å². The van der Waals surface area contributed by atoms with E-state index >= 15 is 0 Å². The van der Waals surface area contributed by atoms with E-state index in [4.69, 9.17) is 4.98 Å². The largest absolute Gasteiger partial charge is 0.389 e. The molecule has 0 radical (unpaired) electrons. The standard InChI is InChI=1S/C30H36F2N4O2/c1-19(2)22-6-4-7-23(15-22)27-8-5-10-34-30(27)36(26-9-11-33-17-26)18-29(38)28(35-20(3)37)14-21-12-24(31)16-25(32)13-21/h4-8,10,12-13,15-16,19,26,28-29,33,38H,9,11,14,17-18H2,1-3H3,(H,35,37). The third-order valence-electron chi connectivity index (χ3n) is 7.01. The zero-order valence-electron chi connectivity index (χ0n) is 22.1. The minimum absolute atomic E-state index is 0.0798. The number of aliphatic hydroxyl groups is 1. The number of aliphatic hydroxyl groups excluding tert-OH is 1. The van der Waals surface area contributed by atoms with Crippen molar-refractivity contribution in [2.24, 2.45) is 0 Å². The quantitative estimate of drug-likeness (QED) is 0.367. The highest BCUT2D eigenvalue weighted by molar-refractivity contribution is 5.77. The zero-order valence-corrected chi connectivity index (χ0v) is 22.1. The van der Waals surface area contributed by atoms with Crippen molar-refractivity contribution >= 4 is 11.7 Å². The predicted octanol–water partition coefficient (Wildman–Crippen LogP) is 4.43. The lowest BCUT2D eigenvalue weighted by Crippen LogP contribution is -2.51. The van der Waals surface area contributed by atoms with Crippen LogP contribution in [0.5, 0.6) is 0 Å². The number of carbonyl (C=O) groups excluding carboxylic acids is 1. The Bertz CT molecular complexity index is 1230. The molecule has 1 aliphatic heterocycles. The SMILES string of the molecule is CC(=O)NC(Cc1cc(F)cc(F)c1)C(O)CN(c1ncccc1-c1cccc(C(C)C)c1)C1CCNC1. The van der Waals surface area contributed by atoms with Gasteiger partial charge in [0.15, 0.2) is 0 Å². The van der Waals surface area contributed by atoms with E-state index in [9.17, 15) is 18.7 Å². The molecule has 6 nitrogen and oxygen atoms in total. The molecule has 1 amide bonds. The van der Waals surface area contributed by atoms with Crippen molar-refractivity contribution in [2.75, 3.05) is 24.5 Å². The van der Waals surface area contributed by atoms with E-state index in [1.807, 2.05) is 18.2 Å². The first-order valence-electron chi connectivity index (χ1n) is 13.1. The Morgan fingerprint density at radius 3 is 2.58 bits per heavy atom. The van der Waals surface area contributed by atoms with E-state index in [1.54, 1.807) is 6.20 Å². The molecule has 0 aliphatic carbocycles. The van der Waals surface area contributed by atoms with Crippen LogP contribution in [0.3, 0.4) is 0 Å². The van der Waals surface area contributed by atoms with Gasteiger partial charge < -0.3 is 20.6 Å². The summed E-state index contributed by atoms with van der Waals surface area (Å²) in [6.45, 7) is 7.44. The Morgan fingerprint density at radius 2 is 1.92 bits per heavy atom. The first-order chi connectivity index (χ1) is 18.2. The molecule has 0 spiro atoms. The maximum atomic E-state index is 13.8. The lowest BCUT2D eigenvalue weighted by molar-refractivity contribution is -0.120. The second-order valence-corrected chi connectivity index (χ2v) is 10.3. The molecule has 2 heterocycles. The minimum atomic E-state index is -1.03. The van der Waals surface area contributed by atoms with Crippen molar-refractivity contribution in [3.8, 4) is 11.1 Å². The van der Waals surface area contributed by atoms with E-state index in [0.717, 1.165) is 42.5 Å². The van der Waals surface area contributed by atoms with E-state index in [0.29, 0.717) is 11.5 Å². The van der Waals surface area contributed by atoms with Gasteiger partial charge in [0.05, 0.1) is 12.1 Å². The minimum Gasteiger partial charge on any atom is -0.389 e. The van der Waals surface area contributed by atoms with E-state index in [-0.39, 0.29) is 24.9 Å². The molecule has 1 fully saturated rings. The van der Waals surface area contributed by atoms with Gasteiger partial charge in [-0.05, 0) is 66.3 Å². The fourth-order valence-corrected chi connectivity index (χ4v) is 5.09. The van der Waals surface area contributed by atoms with E-state index < -0.39 is 23.8 Å². The fourth-order valence-electron chi connectivity index (χ4n) is 5.09. The van der Waals surface area contributed by atoms with Crippen LogP contribution in [0.25, 0.3) is 11.1 Å². The van der Waals surface area contributed by atoms with Crippen molar-refractivity contribution in [1.29, 1.82) is 0 Å². The first kappa shape index (κ1) is 27.7. The molecule has 4 rings (SSSR count). The van der Waals surface area contributed by atoms with Gasteiger partial charge in [0.1, 0.15) is 17.5 Å². The summed E-state index contributed by atoms with van der Waals surface area (Å²) in [5, 5.41) is 17.6. The molecule has 0 saturated carbocycles. The number of rotatable bonds is 10. The van der Waals surface area contributed by atoms with Crippen LogP contribution >= 0.6 is 0 Å². The highest BCUT2D eigenvalue weighted by Gasteiger charge is 2.31. The van der Waals surface area contributed by atoms with Gasteiger partial charge in [-0.3, -0.25) is 4.79 Å². The Morgan fingerprint density at radius 1 is 1.16 bits per heavy atom. The van der Waals surface area contributed by atoms with Crippen LogP contribution in [0.1, 0.15) is 44.2 Å². The van der Waals surface area contributed by atoms with Crippen molar-refractivity contribution in [1.82, 2.24) is 15.6 Å². The van der Waals surface area contributed by atoms with Crippen LogP contribution in [0.4, 0.5) is 14.6 Å². The smallest absolute Gasteiger partial charge is 0.217 e. The lowest BCUT2D eigenvalue weighted by Gasteiger charge is -2.35. The van der Waals surface area contributed by atoms with Crippen molar-refractivity contribution in [3.63, 3.8) is 0 Å². The molecule has 202 valence electrons. The summed E-state index contributed by atoms with van der Waals surface area (Å²) in [6.07, 6.45) is 1.67. The van der Waals surface area contributed by atoms with Crippen LogP contribution in [0, 0.1) is 11.6 Å². The van der Waals surface area contributed by atoms with Gasteiger partial charge in [-0.2, -0.15) is 0 Å². The fraction of sp³-hybridized carbons (Fsp3) is 0.400. The number of benzene rings is 2. The number of halogens is 2. The summed E-state index contributed by atoms with van der Waals surface area (Å²) in [5.41, 5.74) is 3.58. The van der Waals surface area contributed by atoms with Gasteiger partial charge in [-0.25, -0.2) is 13.8 Å². The number of carbonyl (C=O) groups is 1. The Labute approximate surface area is 223 Å². The average Bonchev–Trinajstić information content (AvgIpc) is 3.41. The number of amides is 1. The Hall–Kier alpha value is -3.36. The maximum absolute atomic E-state index is 13.8. The normalized spacial score (nSPS) is 16.9. The lowest BCUT2D eigenvalue weighted by atomic mass is 9.96. The Balaban J connectivity index is 1.67. The monoisotopic (exact) mass is 522 g/mol. The van der Waals surface area contributed by atoms with Crippen LogP contribution in [0.15, 0.2) is 60.8 Å². The molecule has 1 aliphatic rings. The van der Waals surface area contributed by atoms with Crippen LogP contribution in [-0.4, -0.2) is 53.8 Å². The number of hydrogen-bond donors (Lipinski definition) is 3. The number of nitrogens with one attached hydrogen (secondary N) is 2. The summed E-state index contributed by atoms with van der Waals surface area (Å²) in [4.78, 5) is 18.9. The molecular formula is C30H36F2N4O2. The second-order valence-electron chi connectivity index (χ2n) is 10.3. The van der Waals surface area contributed by atoms with Crippen molar-refractivity contribution in [2.45, 2.75) is 57.7 Å². The molecule has 8 heteroatoms. The van der Waals surface area contributed by atoms with Gasteiger partial charge in [0.25, 0.3) is 0 Å². The Kier molecular flexibility index (Phi) is 9.07. The van der Waals surface area contributed by atoms with Crippen LogP contribution < -0.4 is 15.5 Å². The number of pyridine rings is 1. The molecule has 1 saturated heterocycles. The summed E-state index contributed by atoms with van der Waals surface area (Å²) in [7, 11) is 0. The molecule has 3 N–H and O–H groups in total. The number of anilines is 1. The third kappa shape index (κ3) is 6.94. The molecule has 2 aromatic carbocycles. The van der Waals surface area contributed by atoms with E-state index in [1.165, 1.54) is 24.6 Å². The van der Waals surface area contributed by atoms with Gasteiger partial charge in [-0.1, -0.05) is 38.1 Å². The molecule has 38 heavy (non-hydrogen) atoms. The van der Waals surface area contributed by atoms with Crippen molar-refractivity contribution in [3.05, 3.63) is 83.6 Å². The summed E-state index contributed by atoms with van der Waals surface area (Å²) < 4.78 is 27.7. The predicted molar refractivity (Wildman–Crippen MR) is 146 cm³/mol. The topological polar surface area (TPSA) is 77.5 Å². The summed E-state index contributed by atoms with van der Waals surface area (Å²) in [6, 6.07) is 14.9. The highest BCUT2D eigenvalue weighted by Crippen LogP contribution is 2.33. The highest BCUT2D eigenvalue weighted by atomic mass is 19.1. The summed E-state index contributed by atoms with van der Waals surface area (Å²) >= 11 is 0. The number of hydrogen-bond acceptors (Lipinski definition) is 5. The zero-order chi connectivity index (χ0) is 27.2. The second kappa shape index (κ2) is 12.5. The molecule has 3 aromatic rings. The molecule has 0 bridgehead atoms. The first-order valence-corrected chi connectivity index (χ1v) is 13.1. The third-order valence-corrected chi connectivity index (χ3v) is 7.01. The van der Waals surface area contributed by atoms with Gasteiger partial charge >= 0.3 is 0 Å². The van der Waals surface area contributed by atoms with Crippen LogP contribution in [0.2, 0.25) is 0 Å². The maximum Gasteiger partial charge on any atom is 0.217 e. The molecule has 1 aromatic heterocycles. The van der Waals surface area contributed by atoms with Gasteiger partial charge in [0, 0.05) is 43.9 Å².